The van der Waals surface area contributed by atoms with Crippen LogP contribution in [0.15, 0.2) is 0 Å². The zero-order valence-corrected chi connectivity index (χ0v) is 11.8. The zero-order chi connectivity index (χ0) is 13.8. The van der Waals surface area contributed by atoms with Crippen molar-refractivity contribution in [3.8, 4) is 6.07 Å². The van der Waals surface area contributed by atoms with Crippen LogP contribution >= 0.6 is 0 Å². The topological polar surface area (TPSA) is 68.2 Å². The van der Waals surface area contributed by atoms with Crippen LogP contribution in [0.2, 0.25) is 0 Å². The highest BCUT2D eigenvalue weighted by molar-refractivity contribution is 5.79. The molecule has 1 saturated heterocycles. The Morgan fingerprint density at radius 3 is 2.56 bits per heavy atom. The number of carbonyl (C=O) groups excluding carboxylic acids is 1. The van der Waals surface area contributed by atoms with Crippen molar-refractivity contribution in [3.63, 3.8) is 0 Å². The molecule has 1 aliphatic heterocycles. The van der Waals surface area contributed by atoms with Gasteiger partial charge in [0.25, 0.3) is 0 Å². The normalized spacial score (nSPS) is 19.2. The molecule has 1 fully saturated rings. The molecule has 1 aliphatic rings. The Kier molecular flexibility index (Phi) is 5.12. The molecular formula is C13H24N4O. The van der Waals surface area contributed by atoms with Gasteiger partial charge in [0.05, 0.1) is 12.6 Å². The van der Waals surface area contributed by atoms with Crippen LogP contribution < -0.4 is 10.6 Å². The molecule has 1 atom stereocenters. The number of nitriles is 1. The first-order valence-corrected chi connectivity index (χ1v) is 6.60. The van der Waals surface area contributed by atoms with Crippen molar-refractivity contribution in [2.45, 2.75) is 39.3 Å². The van der Waals surface area contributed by atoms with Gasteiger partial charge in [0, 0.05) is 19.1 Å². The lowest BCUT2D eigenvalue weighted by atomic mass is 9.90. The molecule has 0 bridgehead atoms. The highest BCUT2D eigenvalue weighted by Crippen LogP contribution is 2.15. The van der Waals surface area contributed by atoms with E-state index in [-0.39, 0.29) is 11.8 Å². The Bertz CT molecular complexity index is 332. The third-order valence-corrected chi connectivity index (χ3v) is 3.82. The van der Waals surface area contributed by atoms with E-state index >= 15 is 0 Å². The van der Waals surface area contributed by atoms with E-state index in [2.05, 4.69) is 28.5 Å². The maximum atomic E-state index is 12.0. The van der Waals surface area contributed by atoms with Crippen LogP contribution in [0.4, 0.5) is 0 Å². The summed E-state index contributed by atoms with van der Waals surface area (Å²) in [6.45, 7) is 10.8. The molecule has 1 unspecified atom stereocenters. The Balaban J connectivity index is 2.52. The van der Waals surface area contributed by atoms with Gasteiger partial charge in [0.15, 0.2) is 0 Å². The summed E-state index contributed by atoms with van der Waals surface area (Å²) in [7, 11) is 0. The van der Waals surface area contributed by atoms with Crippen LogP contribution in [0.1, 0.15) is 27.7 Å². The Morgan fingerprint density at radius 1 is 1.61 bits per heavy atom. The summed E-state index contributed by atoms with van der Waals surface area (Å²) in [5, 5.41) is 15.2. The van der Waals surface area contributed by atoms with Crippen molar-refractivity contribution < 1.29 is 4.79 Å². The largest absolute Gasteiger partial charge is 0.337 e. The van der Waals surface area contributed by atoms with Gasteiger partial charge in [-0.05, 0) is 19.4 Å². The van der Waals surface area contributed by atoms with E-state index in [1.807, 2.05) is 13.8 Å². The summed E-state index contributed by atoms with van der Waals surface area (Å²) in [6.07, 6.45) is 0. The van der Waals surface area contributed by atoms with Gasteiger partial charge in [-0.2, -0.15) is 5.26 Å². The SMILES string of the molecule is CCN(CC(=O)NC(C)(C#N)C(C)C)C1CNC1. The van der Waals surface area contributed by atoms with Gasteiger partial charge in [-0.1, -0.05) is 20.8 Å². The van der Waals surface area contributed by atoms with Crippen LogP contribution in [0.5, 0.6) is 0 Å². The average molecular weight is 252 g/mol. The minimum absolute atomic E-state index is 0.0681. The molecule has 0 aromatic heterocycles. The number of hydrogen-bond donors (Lipinski definition) is 2. The van der Waals surface area contributed by atoms with Crippen molar-refractivity contribution in [2.75, 3.05) is 26.2 Å². The number of amides is 1. The van der Waals surface area contributed by atoms with E-state index in [4.69, 9.17) is 0 Å². The molecule has 0 aromatic carbocycles. The molecule has 5 nitrogen and oxygen atoms in total. The minimum Gasteiger partial charge on any atom is -0.337 e. The van der Waals surface area contributed by atoms with Crippen molar-refractivity contribution in [1.29, 1.82) is 5.26 Å². The lowest BCUT2D eigenvalue weighted by molar-refractivity contribution is -0.124. The minimum atomic E-state index is -0.783. The summed E-state index contributed by atoms with van der Waals surface area (Å²) in [5.41, 5.74) is -0.783. The van der Waals surface area contributed by atoms with Gasteiger partial charge < -0.3 is 10.6 Å². The van der Waals surface area contributed by atoms with Crippen molar-refractivity contribution in [3.05, 3.63) is 0 Å². The first-order valence-electron chi connectivity index (χ1n) is 6.60. The number of rotatable bonds is 6. The van der Waals surface area contributed by atoms with Crippen LogP contribution in [0, 0.1) is 17.2 Å². The molecule has 2 N–H and O–H groups in total. The van der Waals surface area contributed by atoms with Crippen LogP contribution in [-0.2, 0) is 4.79 Å². The van der Waals surface area contributed by atoms with Crippen LogP contribution in [0.3, 0.4) is 0 Å². The lowest BCUT2D eigenvalue weighted by Gasteiger charge is -2.38. The molecule has 1 heterocycles. The lowest BCUT2D eigenvalue weighted by Crippen LogP contribution is -2.60. The number of carbonyl (C=O) groups is 1. The molecule has 1 rings (SSSR count). The van der Waals surface area contributed by atoms with Gasteiger partial charge >= 0.3 is 0 Å². The summed E-state index contributed by atoms with van der Waals surface area (Å²) in [4.78, 5) is 14.2. The molecule has 102 valence electrons. The predicted molar refractivity (Wildman–Crippen MR) is 70.9 cm³/mol. The molecule has 0 aromatic rings. The van der Waals surface area contributed by atoms with E-state index in [0.717, 1.165) is 19.6 Å². The Hall–Kier alpha value is -1.12. The van der Waals surface area contributed by atoms with E-state index in [0.29, 0.717) is 12.6 Å². The summed E-state index contributed by atoms with van der Waals surface area (Å²) in [6, 6.07) is 2.65. The van der Waals surface area contributed by atoms with Gasteiger partial charge in [0.1, 0.15) is 5.54 Å². The molecule has 5 heteroatoms. The van der Waals surface area contributed by atoms with E-state index in [9.17, 15) is 10.1 Å². The van der Waals surface area contributed by atoms with Crippen molar-refractivity contribution in [2.24, 2.45) is 5.92 Å². The Morgan fingerprint density at radius 2 is 2.22 bits per heavy atom. The maximum Gasteiger partial charge on any atom is 0.235 e. The first-order chi connectivity index (χ1) is 8.42. The summed E-state index contributed by atoms with van der Waals surface area (Å²) in [5.74, 6) is 0.0217. The molecule has 1 amide bonds. The number of likely N-dealkylation sites (N-methyl/N-ethyl adjacent to an activating group) is 1. The third-order valence-electron chi connectivity index (χ3n) is 3.82. The Labute approximate surface area is 110 Å². The quantitative estimate of drug-likeness (QED) is 0.715. The fourth-order valence-electron chi connectivity index (χ4n) is 1.85. The summed E-state index contributed by atoms with van der Waals surface area (Å²) >= 11 is 0. The van der Waals surface area contributed by atoms with Crippen LogP contribution in [0.25, 0.3) is 0 Å². The van der Waals surface area contributed by atoms with Gasteiger partial charge in [-0.15, -0.1) is 0 Å². The third kappa shape index (κ3) is 3.44. The predicted octanol–water partition coefficient (Wildman–Crippen LogP) is 0.335. The van der Waals surface area contributed by atoms with Gasteiger partial charge in [-0.25, -0.2) is 0 Å². The summed E-state index contributed by atoms with van der Waals surface area (Å²) < 4.78 is 0. The number of nitrogens with one attached hydrogen (secondary N) is 2. The van der Waals surface area contributed by atoms with Crippen LogP contribution in [-0.4, -0.2) is 48.6 Å². The second-order valence-electron chi connectivity index (χ2n) is 5.39. The molecular weight excluding hydrogens is 228 g/mol. The smallest absolute Gasteiger partial charge is 0.235 e. The van der Waals surface area contributed by atoms with Gasteiger partial charge in [0.2, 0.25) is 5.91 Å². The first kappa shape index (κ1) is 14.9. The zero-order valence-electron chi connectivity index (χ0n) is 11.8. The number of nitrogens with zero attached hydrogens (tertiary/aromatic N) is 2. The van der Waals surface area contributed by atoms with E-state index < -0.39 is 5.54 Å². The molecule has 0 spiro atoms. The second-order valence-corrected chi connectivity index (χ2v) is 5.39. The standard InChI is InChI=1S/C13H24N4O/c1-5-17(11-6-15-7-11)8-12(18)16-13(4,9-14)10(2)3/h10-11,15H,5-8H2,1-4H3,(H,16,18). The molecule has 18 heavy (non-hydrogen) atoms. The molecule has 0 saturated carbocycles. The fraction of sp³-hybridized carbons (Fsp3) is 0.846. The maximum absolute atomic E-state index is 12.0. The van der Waals surface area contributed by atoms with E-state index in [1.165, 1.54) is 0 Å². The average Bonchev–Trinajstić information content (AvgIpc) is 2.25. The molecule has 0 radical (unpaired) electrons. The van der Waals surface area contributed by atoms with Crippen molar-refractivity contribution in [1.82, 2.24) is 15.5 Å². The molecule has 0 aliphatic carbocycles. The highest BCUT2D eigenvalue weighted by atomic mass is 16.2. The monoisotopic (exact) mass is 252 g/mol. The van der Waals surface area contributed by atoms with Gasteiger partial charge in [-0.3, -0.25) is 9.69 Å². The van der Waals surface area contributed by atoms with E-state index in [1.54, 1.807) is 6.92 Å². The number of hydrogen-bond acceptors (Lipinski definition) is 4. The van der Waals surface area contributed by atoms with Crippen molar-refractivity contribution >= 4 is 5.91 Å². The second kappa shape index (κ2) is 6.17. The fourth-order valence-corrected chi connectivity index (χ4v) is 1.85. The highest BCUT2D eigenvalue weighted by Gasteiger charge is 2.31.